The quantitative estimate of drug-likeness (QED) is 0.391. The van der Waals surface area contributed by atoms with Crippen molar-refractivity contribution in [1.82, 2.24) is 5.43 Å². The van der Waals surface area contributed by atoms with E-state index in [1.54, 1.807) is 12.1 Å². The lowest BCUT2D eigenvalue weighted by Crippen LogP contribution is -2.24. The number of benzene rings is 2. The van der Waals surface area contributed by atoms with Gasteiger partial charge in [-0.2, -0.15) is 5.10 Å². The van der Waals surface area contributed by atoms with E-state index in [1.165, 1.54) is 11.6 Å². The number of aromatic hydroxyl groups is 1. The maximum absolute atomic E-state index is 11.8. The largest absolute Gasteiger partial charge is 0.502 e. The molecular formula is C19H20ClN3O5. The normalized spacial score (nSPS) is 12.0. The van der Waals surface area contributed by atoms with Gasteiger partial charge in [0.15, 0.2) is 6.61 Å². The minimum atomic E-state index is -0.766. The molecule has 1 amide bonds. The number of phenolic OH excluding ortho intramolecular Hbond substituents is 1. The summed E-state index contributed by atoms with van der Waals surface area (Å²) in [7, 11) is 0. The summed E-state index contributed by atoms with van der Waals surface area (Å²) in [5, 5.41) is 24.4. The van der Waals surface area contributed by atoms with Gasteiger partial charge in [-0.1, -0.05) is 37.6 Å². The van der Waals surface area contributed by atoms with Gasteiger partial charge in [0.05, 0.1) is 11.1 Å². The Hall–Kier alpha value is -3.13. The molecule has 0 saturated heterocycles. The number of carbonyl (C=O) groups excluding carboxylic acids is 1. The van der Waals surface area contributed by atoms with Crippen molar-refractivity contribution in [1.29, 1.82) is 0 Å². The van der Waals surface area contributed by atoms with Gasteiger partial charge >= 0.3 is 5.69 Å². The highest BCUT2D eigenvalue weighted by atomic mass is 35.5. The molecule has 0 aliphatic heterocycles. The standard InChI is InChI=1S/C19H20ClN3O5/c1-3-12(2)13-4-6-16(7-5-13)28-11-18(24)22-21-10-14-8-15(20)9-17(19(14)25)23(26)27/h4-10,12,25H,3,11H2,1-2H3,(H,22,24)/b21-10+/t12-/m1/s1. The first-order chi connectivity index (χ1) is 13.3. The third-order valence-corrected chi connectivity index (χ3v) is 4.32. The highest BCUT2D eigenvalue weighted by molar-refractivity contribution is 6.31. The number of hydrogen-bond acceptors (Lipinski definition) is 6. The van der Waals surface area contributed by atoms with Crippen molar-refractivity contribution in [2.45, 2.75) is 26.2 Å². The number of halogens is 1. The van der Waals surface area contributed by atoms with E-state index >= 15 is 0 Å². The minimum absolute atomic E-state index is 0.000973. The molecule has 0 saturated carbocycles. The van der Waals surface area contributed by atoms with Gasteiger partial charge < -0.3 is 9.84 Å². The Morgan fingerprint density at radius 2 is 2.07 bits per heavy atom. The van der Waals surface area contributed by atoms with Crippen LogP contribution in [0.3, 0.4) is 0 Å². The number of hydrazone groups is 1. The fraction of sp³-hybridized carbons (Fsp3) is 0.263. The average molecular weight is 406 g/mol. The van der Waals surface area contributed by atoms with Gasteiger partial charge in [0.1, 0.15) is 5.75 Å². The molecule has 28 heavy (non-hydrogen) atoms. The zero-order valence-electron chi connectivity index (χ0n) is 15.4. The van der Waals surface area contributed by atoms with Crippen molar-refractivity contribution in [2.75, 3.05) is 6.61 Å². The topological polar surface area (TPSA) is 114 Å². The lowest BCUT2D eigenvalue weighted by molar-refractivity contribution is -0.385. The molecule has 1 atom stereocenters. The summed E-state index contributed by atoms with van der Waals surface area (Å²) in [5.74, 6) is -0.122. The Kier molecular flexibility index (Phi) is 7.34. The Balaban J connectivity index is 1.91. The molecule has 8 nitrogen and oxygen atoms in total. The number of rotatable bonds is 8. The Morgan fingerprint density at radius 3 is 2.68 bits per heavy atom. The molecule has 9 heteroatoms. The molecule has 0 unspecified atom stereocenters. The van der Waals surface area contributed by atoms with Gasteiger partial charge in [0, 0.05) is 16.7 Å². The van der Waals surface area contributed by atoms with Crippen LogP contribution in [0.25, 0.3) is 0 Å². The van der Waals surface area contributed by atoms with Crippen LogP contribution < -0.4 is 10.2 Å². The summed E-state index contributed by atoms with van der Waals surface area (Å²) in [6.45, 7) is 3.98. The van der Waals surface area contributed by atoms with Gasteiger partial charge in [0.2, 0.25) is 5.75 Å². The van der Waals surface area contributed by atoms with E-state index in [0.717, 1.165) is 18.7 Å². The van der Waals surface area contributed by atoms with Gasteiger partial charge in [0.25, 0.3) is 5.91 Å². The summed E-state index contributed by atoms with van der Waals surface area (Å²) in [6, 6.07) is 9.80. The van der Waals surface area contributed by atoms with Crippen LogP contribution in [0.4, 0.5) is 5.69 Å². The number of nitro groups is 1. The molecule has 0 fully saturated rings. The van der Waals surface area contributed by atoms with Gasteiger partial charge in [-0.25, -0.2) is 5.43 Å². The molecule has 0 aliphatic rings. The summed E-state index contributed by atoms with van der Waals surface area (Å²) in [6.07, 6.45) is 2.10. The smallest absolute Gasteiger partial charge is 0.312 e. The molecule has 0 bridgehead atoms. The van der Waals surface area contributed by atoms with Crippen LogP contribution in [-0.2, 0) is 4.79 Å². The number of nitrogens with one attached hydrogen (secondary N) is 1. The zero-order chi connectivity index (χ0) is 20.7. The fourth-order valence-electron chi connectivity index (χ4n) is 2.33. The van der Waals surface area contributed by atoms with Crippen molar-refractivity contribution in [2.24, 2.45) is 5.10 Å². The first kappa shape index (κ1) is 21.2. The predicted octanol–water partition coefficient (Wildman–Crippen LogP) is 4.00. The van der Waals surface area contributed by atoms with E-state index in [9.17, 15) is 20.0 Å². The molecule has 0 spiro atoms. The van der Waals surface area contributed by atoms with Crippen molar-refractivity contribution in [3.05, 3.63) is 62.7 Å². The Morgan fingerprint density at radius 1 is 1.39 bits per heavy atom. The monoisotopic (exact) mass is 405 g/mol. The summed E-state index contributed by atoms with van der Waals surface area (Å²) in [5.41, 5.74) is 2.86. The van der Waals surface area contributed by atoms with Crippen molar-refractivity contribution >= 4 is 29.4 Å². The van der Waals surface area contributed by atoms with E-state index in [1.807, 2.05) is 12.1 Å². The molecule has 2 aromatic rings. The second kappa shape index (κ2) is 9.70. The maximum atomic E-state index is 11.8. The SMILES string of the molecule is CC[C@@H](C)c1ccc(OCC(=O)N/N=C/c2cc(Cl)cc([N+](=O)[O-])c2O)cc1. The number of nitrogens with zero attached hydrogens (tertiary/aromatic N) is 2. The molecule has 0 radical (unpaired) electrons. The maximum Gasteiger partial charge on any atom is 0.312 e. The molecule has 148 valence electrons. The first-order valence-corrected chi connectivity index (χ1v) is 8.91. The summed E-state index contributed by atoms with van der Waals surface area (Å²) in [4.78, 5) is 21.9. The second-order valence-corrected chi connectivity index (χ2v) is 6.52. The number of nitro benzene ring substituents is 1. The zero-order valence-corrected chi connectivity index (χ0v) is 16.1. The lowest BCUT2D eigenvalue weighted by atomic mass is 9.99. The number of ether oxygens (including phenoxy) is 1. The van der Waals surface area contributed by atoms with Gasteiger partial charge in [-0.05, 0) is 36.1 Å². The van der Waals surface area contributed by atoms with Crippen LogP contribution in [0, 0.1) is 10.1 Å². The number of phenols is 1. The van der Waals surface area contributed by atoms with Crippen LogP contribution in [0.15, 0.2) is 41.5 Å². The highest BCUT2D eigenvalue weighted by Crippen LogP contribution is 2.32. The van der Waals surface area contributed by atoms with Crippen molar-refractivity contribution in [3.8, 4) is 11.5 Å². The molecule has 0 aromatic heterocycles. The van der Waals surface area contributed by atoms with Gasteiger partial charge in [-0.3, -0.25) is 14.9 Å². The van der Waals surface area contributed by atoms with Crippen molar-refractivity contribution < 1.29 is 19.6 Å². The number of hydrogen-bond donors (Lipinski definition) is 2. The molecule has 2 aromatic carbocycles. The average Bonchev–Trinajstić information content (AvgIpc) is 2.68. The van der Waals surface area contributed by atoms with E-state index in [2.05, 4.69) is 24.4 Å². The van der Waals surface area contributed by atoms with E-state index in [0.29, 0.717) is 11.7 Å². The van der Waals surface area contributed by atoms with E-state index in [-0.39, 0.29) is 17.2 Å². The molecule has 2 N–H and O–H groups in total. The number of carbonyl (C=O) groups is 1. The third kappa shape index (κ3) is 5.68. The minimum Gasteiger partial charge on any atom is -0.502 e. The summed E-state index contributed by atoms with van der Waals surface area (Å²) >= 11 is 5.78. The second-order valence-electron chi connectivity index (χ2n) is 6.08. The first-order valence-electron chi connectivity index (χ1n) is 8.53. The van der Waals surface area contributed by atoms with Crippen LogP contribution in [0.1, 0.15) is 37.3 Å². The van der Waals surface area contributed by atoms with Crippen LogP contribution >= 0.6 is 11.6 Å². The predicted molar refractivity (Wildman–Crippen MR) is 106 cm³/mol. The Bertz CT molecular complexity index is 884. The fourth-order valence-corrected chi connectivity index (χ4v) is 2.55. The van der Waals surface area contributed by atoms with E-state index in [4.69, 9.17) is 16.3 Å². The Labute approximate surface area is 166 Å². The van der Waals surface area contributed by atoms with Crippen LogP contribution in [0.2, 0.25) is 5.02 Å². The highest BCUT2D eigenvalue weighted by Gasteiger charge is 2.17. The molecule has 0 aliphatic carbocycles. The lowest BCUT2D eigenvalue weighted by Gasteiger charge is -2.10. The molecule has 2 rings (SSSR count). The summed E-state index contributed by atoms with van der Waals surface area (Å²) < 4.78 is 5.39. The van der Waals surface area contributed by atoms with Crippen molar-refractivity contribution in [3.63, 3.8) is 0 Å². The third-order valence-electron chi connectivity index (χ3n) is 4.11. The van der Waals surface area contributed by atoms with Crippen LogP contribution in [-0.4, -0.2) is 28.8 Å². The molecule has 0 heterocycles. The molecular weight excluding hydrogens is 386 g/mol. The number of amides is 1. The van der Waals surface area contributed by atoms with E-state index < -0.39 is 22.3 Å². The van der Waals surface area contributed by atoms with Gasteiger partial charge in [-0.15, -0.1) is 0 Å². The van der Waals surface area contributed by atoms with Crippen LogP contribution in [0.5, 0.6) is 11.5 Å².